The van der Waals surface area contributed by atoms with E-state index < -0.39 is 20.9 Å². The average Bonchev–Trinajstić information content (AvgIpc) is 2.69. The number of benzene rings is 1. The molecule has 2 aliphatic rings. The lowest BCUT2D eigenvalue weighted by Crippen LogP contribution is -2.49. The number of nitrogens with zero attached hydrogens (tertiary/aromatic N) is 3. The summed E-state index contributed by atoms with van der Waals surface area (Å²) in [7, 11) is -3.93. The lowest BCUT2D eigenvalue weighted by atomic mass is 9.98. The summed E-state index contributed by atoms with van der Waals surface area (Å²) < 4.78 is 33.0. The van der Waals surface area contributed by atoms with Crippen LogP contribution >= 0.6 is 0 Å². The Morgan fingerprint density at radius 2 is 1.89 bits per heavy atom. The fourth-order valence-corrected chi connectivity index (χ4v) is 5.57. The van der Waals surface area contributed by atoms with Crippen LogP contribution in [0.15, 0.2) is 17.0 Å². The molecule has 0 N–H and O–H groups in total. The molecule has 2 heterocycles. The van der Waals surface area contributed by atoms with Crippen LogP contribution in [-0.2, 0) is 19.6 Å². The van der Waals surface area contributed by atoms with E-state index in [0.29, 0.717) is 56.8 Å². The topological polar surface area (TPSA) is 110 Å². The highest BCUT2D eigenvalue weighted by atomic mass is 32.2. The number of sulfonamides is 1. The average molecular weight is 411 g/mol. The highest BCUT2D eigenvalue weighted by Crippen LogP contribution is 2.30. The molecule has 0 saturated carbocycles. The van der Waals surface area contributed by atoms with E-state index in [1.54, 1.807) is 18.7 Å². The van der Waals surface area contributed by atoms with E-state index in [9.17, 15) is 23.3 Å². The Balaban J connectivity index is 1.86. The number of nitro benzene ring substituents is 1. The summed E-state index contributed by atoms with van der Waals surface area (Å²) in [4.78, 5) is 25.0. The first-order valence-electron chi connectivity index (χ1n) is 9.34. The molecule has 1 amide bonds. The third kappa shape index (κ3) is 4.03. The summed E-state index contributed by atoms with van der Waals surface area (Å²) in [6, 6.07) is 2.49. The maximum atomic E-state index is 13.2. The number of hydrogen-bond donors (Lipinski definition) is 0. The van der Waals surface area contributed by atoms with Gasteiger partial charge in [0.1, 0.15) is 0 Å². The van der Waals surface area contributed by atoms with Crippen molar-refractivity contribution < 1.29 is 22.9 Å². The van der Waals surface area contributed by atoms with Gasteiger partial charge in [-0.15, -0.1) is 0 Å². The van der Waals surface area contributed by atoms with Crippen molar-refractivity contribution in [1.29, 1.82) is 0 Å². The molecule has 9 nitrogen and oxygen atoms in total. The number of amides is 1. The minimum Gasteiger partial charge on any atom is -0.378 e. The van der Waals surface area contributed by atoms with Gasteiger partial charge in [-0.2, -0.15) is 4.31 Å². The van der Waals surface area contributed by atoms with E-state index in [1.165, 1.54) is 10.4 Å². The first kappa shape index (κ1) is 20.7. The van der Waals surface area contributed by atoms with Crippen molar-refractivity contribution in [2.24, 2.45) is 5.92 Å². The maximum Gasteiger partial charge on any atom is 0.271 e. The predicted molar refractivity (Wildman–Crippen MR) is 101 cm³/mol. The quantitative estimate of drug-likeness (QED) is 0.548. The molecule has 0 aliphatic carbocycles. The van der Waals surface area contributed by atoms with Crippen LogP contribution in [0, 0.1) is 29.9 Å². The lowest BCUT2D eigenvalue weighted by molar-refractivity contribution is -0.385. The minimum atomic E-state index is -3.93. The number of ether oxygens (including phenoxy) is 1. The summed E-state index contributed by atoms with van der Waals surface area (Å²) >= 11 is 0. The van der Waals surface area contributed by atoms with E-state index >= 15 is 0 Å². The first-order chi connectivity index (χ1) is 13.2. The molecular weight excluding hydrogens is 386 g/mol. The molecule has 0 unspecified atom stereocenters. The molecule has 0 radical (unpaired) electrons. The van der Waals surface area contributed by atoms with Crippen molar-refractivity contribution in [3.05, 3.63) is 33.4 Å². The van der Waals surface area contributed by atoms with Crippen LogP contribution in [0.1, 0.15) is 24.0 Å². The molecule has 1 aromatic rings. The van der Waals surface area contributed by atoms with Crippen LogP contribution in [0.2, 0.25) is 0 Å². The molecule has 28 heavy (non-hydrogen) atoms. The van der Waals surface area contributed by atoms with Gasteiger partial charge in [-0.1, -0.05) is 0 Å². The molecule has 1 aromatic carbocycles. The molecule has 0 spiro atoms. The van der Waals surface area contributed by atoms with Crippen molar-refractivity contribution in [2.75, 3.05) is 39.4 Å². The zero-order valence-electron chi connectivity index (χ0n) is 16.1. The smallest absolute Gasteiger partial charge is 0.271 e. The van der Waals surface area contributed by atoms with Gasteiger partial charge in [0, 0.05) is 38.3 Å². The van der Waals surface area contributed by atoms with E-state index in [4.69, 9.17) is 4.74 Å². The summed E-state index contributed by atoms with van der Waals surface area (Å²) in [6.07, 6.45) is 1.21. The molecule has 2 fully saturated rings. The van der Waals surface area contributed by atoms with E-state index in [0.717, 1.165) is 6.07 Å². The molecule has 154 valence electrons. The number of carbonyl (C=O) groups is 1. The maximum absolute atomic E-state index is 13.2. The summed E-state index contributed by atoms with van der Waals surface area (Å²) in [6.45, 7) is 5.72. The van der Waals surface area contributed by atoms with Gasteiger partial charge in [0.15, 0.2) is 0 Å². The molecule has 1 atom stereocenters. The zero-order valence-corrected chi connectivity index (χ0v) is 16.9. The Bertz CT molecular complexity index is 880. The highest BCUT2D eigenvalue weighted by molar-refractivity contribution is 7.89. The molecular formula is C18H25N3O6S. The van der Waals surface area contributed by atoms with Crippen molar-refractivity contribution in [3.63, 3.8) is 0 Å². The van der Waals surface area contributed by atoms with Crippen LogP contribution in [0.25, 0.3) is 0 Å². The monoisotopic (exact) mass is 411 g/mol. The van der Waals surface area contributed by atoms with Gasteiger partial charge in [-0.05, 0) is 37.8 Å². The lowest BCUT2D eigenvalue weighted by Gasteiger charge is -2.35. The molecule has 0 bridgehead atoms. The Labute approximate surface area is 164 Å². The number of morpholine rings is 1. The standard InChI is InChI=1S/C18H25N3O6S/c1-13-10-16(21(23)24)11-17(14(13)2)28(25,26)20-5-3-4-15(12-20)18(22)19-6-8-27-9-7-19/h10-11,15H,3-9,12H2,1-2H3/t15-/m0/s1. The largest absolute Gasteiger partial charge is 0.378 e. The first-order valence-corrected chi connectivity index (χ1v) is 10.8. The van der Waals surface area contributed by atoms with Gasteiger partial charge >= 0.3 is 0 Å². The second kappa shape index (κ2) is 8.14. The number of hydrogen-bond acceptors (Lipinski definition) is 6. The third-order valence-electron chi connectivity index (χ3n) is 5.49. The minimum absolute atomic E-state index is 0.0462. The summed E-state index contributed by atoms with van der Waals surface area (Å²) in [5, 5.41) is 11.2. The fraction of sp³-hybridized carbons (Fsp3) is 0.611. The molecule has 0 aromatic heterocycles. The van der Waals surface area contributed by atoms with E-state index in [-0.39, 0.29) is 23.0 Å². The number of nitro groups is 1. The molecule has 3 rings (SSSR count). The summed E-state index contributed by atoms with van der Waals surface area (Å²) in [5.74, 6) is -0.447. The highest BCUT2D eigenvalue weighted by Gasteiger charge is 2.36. The van der Waals surface area contributed by atoms with Gasteiger partial charge in [-0.3, -0.25) is 14.9 Å². The third-order valence-corrected chi connectivity index (χ3v) is 7.48. The van der Waals surface area contributed by atoms with Crippen molar-refractivity contribution >= 4 is 21.6 Å². The molecule has 10 heteroatoms. The van der Waals surface area contributed by atoms with Crippen LogP contribution in [0.4, 0.5) is 5.69 Å². The van der Waals surface area contributed by atoms with Gasteiger partial charge < -0.3 is 9.64 Å². The Morgan fingerprint density at radius 1 is 1.21 bits per heavy atom. The number of aryl methyl sites for hydroxylation is 1. The Kier molecular flexibility index (Phi) is 6.01. The van der Waals surface area contributed by atoms with Crippen molar-refractivity contribution in [3.8, 4) is 0 Å². The fourth-order valence-electron chi connectivity index (χ4n) is 3.73. The number of non-ortho nitro benzene ring substituents is 1. The Hall–Kier alpha value is -2.04. The zero-order chi connectivity index (χ0) is 20.5. The normalized spacial score (nSPS) is 21.5. The summed E-state index contributed by atoms with van der Waals surface area (Å²) in [5.41, 5.74) is 0.789. The van der Waals surface area contributed by atoms with Crippen LogP contribution in [0.3, 0.4) is 0 Å². The van der Waals surface area contributed by atoms with Gasteiger partial charge in [0.05, 0.1) is 29.0 Å². The Morgan fingerprint density at radius 3 is 2.54 bits per heavy atom. The van der Waals surface area contributed by atoms with E-state index in [2.05, 4.69) is 0 Å². The predicted octanol–water partition coefficient (Wildman–Crippen LogP) is 1.47. The SMILES string of the molecule is Cc1cc([N+](=O)[O-])cc(S(=O)(=O)N2CCC[C@H](C(=O)N3CCOCC3)C2)c1C. The molecule has 2 saturated heterocycles. The van der Waals surface area contributed by atoms with Gasteiger partial charge in [0.25, 0.3) is 5.69 Å². The second-order valence-electron chi connectivity index (χ2n) is 7.28. The number of carbonyl (C=O) groups excluding carboxylic acids is 1. The van der Waals surface area contributed by atoms with Crippen LogP contribution in [-0.4, -0.2) is 67.8 Å². The second-order valence-corrected chi connectivity index (χ2v) is 9.19. The van der Waals surface area contributed by atoms with Crippen LogP contribution < -0.4 is 0 Å². The van der Waals surface area contributed by atoms with Crippen LogP contribution in [0.5, 0.6) is 0 Å². The molecule has 2 aliphatic heterocycles. The number of piperidine rings is 1. The van der Waals surface area contributed by atoms with Gasteiger partial charge in [0.2, 0.25) is 15.9 Å². The van der Waals surface area contributed by atoms with Gasteiger partial charge in [-0.25, -0.2) is 8.42 Å². The van der Waals surface area contributed by atoms with Crippen molar-refractivity contribution in [1.82, 2.24) is 9.21 Å². The van der Waals surface area contributed by atoms with E-state index in [1.807, 2.05) is 0 Å². The van der Waals surface area contributed by atoms with Crippen molar-refractivity contribution in [2.45, 2.75) is 31.6 Å². The number of rotatable bonds is 4.